The Bertz CT molecular complexity index is 1340. The molecule has 1 aromatic carbocycles. The molecule has 1 aromatic heterocycles. The molecule has 13 heteroatoms. The Morgan fingerprint density at radius 3 is 2.38 bits per heavy atom. The Hall–Kier alpha value is -3.06. The number of benzene rings is 1. The van der Waals surface area contributed by atoms with Crippen molar-refractivity contribution in [1.82, 2.24) is 20.1 Å². The lowest BCUT2D eigenvalue weighted by Crippen LogP contribution is -2.54. The second kappa shape index (κ2) is 11.2. The van der Waals surface area contributed by atoms with Gasteiger partial charge in [0.1, 0.15) is 0 Å². The molecule has 3 heterocycles. The van der Waals surface area contributed by atoms with E-state index in [1.54, 1.807) is 34.1 Å². The number of hydrogen-bond acceptors (Lipinski definition) is 7. The first kappa shape index (κ1) is 27.5. The van der Waals surface area contributed by atoms with Crippen LogP contribution in [0.15, 0.2) is 35.4 Å². The number of urea groups is 1. The van der Waals surface area contributed by atoms with Gasteiger partial charge in [-0.25, -0.2) is 18.2 Å². The molecule has 1 saturated carbocycles. The predicted octanol–water partition coefficient (Wildman–Crippen LogP) is 2.84. The van der Waals surface area contributed by atoms with Gasteiger partial charge >= 0.3 is 6.03 Å². The number of nitrogens with one attached hydrogen (secondary N) is 2. The van der Waals surface area contributed by atoms with Crippen LogP contribution < -0.4 is 10.6 Å². The van der Waals surface area contributed by atoms with E-state index >= 15 is 0 Å². The van der Waals surface area contributed by atoms with Crippen LogP contribution >= 0.6 is 11.3 Å². The highest BCUT2D eigenvalue weighted by Crippen LogP contribution is 2.35. The summed E-state index contributed by atoms with van der Waals surface area (Å²) in [5.74, 6) is -0.643. The fraction of sp³-hybridized carbons (Fsp3) is 0.538. The largest absolute Gasteiger partial charge is 0.342 e. The van der Waals surface area contributed by atoms with Gasteiger partial charge in [0.05, 0.1) is 22.3 Å². The molecule has 2 N–H and O–H groups in total. The zero-order valence-electron chi connectivity index (χ0n) is 21.6. The molecule has 0 spiro atoms. The number of nitrogens with zero attached hydrogens (tertiary/aromatic N) is 3. The fourth-order valence-corrected chi connectivity index (χ4v) is 7.41. The quantitative estimate of drug-likeness (QED) is 0.472. The third kappa shape index (κ3) is 6.40. The van der Waals surface area contributed by atoms with Crippen molar-refractivity contribution in [3.05, 3.63) is 41.2 Å². The van der Waals surface area contributed by atoms with Crippen LogP contribution in [-0.2, 0) is 19.4 Å². The van der Waals surface area contributed by atoms with E-state index in [0.29, 0.717) is 57.5 Å². The number of sulfone groups is 1. The number of likely N-dealkylation sites (tertiary alicyclic amines) is 2. The maximum Gasteiger partial charge on any atom is 0.317 e. The van der Waals surface area contributed by atoms with Crippen LogP contribution in [0.3, 0.4) is 0 Å². The summed E-state index contributed by atoms with van der Waals surface area (Å²) in [5, 5.41) is 4.96. The number of amides is 4. The first-order valence-corrected chi connectivity index (χ1v) is 15.5. The topological polar surface area (TPSA) is 129 Å². The predicted molar refractivity (Wildman–Crippen MR) is 144 cm³/mol. The van der Waals surface area contributed by atoms with Gasteiger partial charge in [-0.3, -0.25) is 9.59 Å². The molecule has 10 nitrogen and oxygen atoms in total. The van der Waals surface area contributed by atoms with E-state index in [4.69, 9.17) is 0 Å². The van der Waals surface area contributed by atoms with Gasteiger partial charge in [0.25, 0.3) is 0 Å². The lowest BCUT2D eigenvalue weighted by molar-refractivity contribution is -0.134. The van der Waals surface area contributed by atoms with Crippen molar-refractivity contribution in [1.29, 1.82) is 0 Å². The van der Waals surface area contributed by atoms with Gasteiger partial charge < -0.3 is 20.4 Å². The van der Waals surface area contributed by atoms with Crippen LogP contribution in [-0.4, -0.2) is 79.0 Å². The number of carbonyl (C=O) groups excluding carboxylic acids is 3. The summed E-state index contributed by atoms with van der Waals surface area (Å²) in [6.07, 6.45) is 3.54. The van der Waals surface area contributed by atoms with Crippen LogP contribution in [0.2, 0.25) is 0 Å². The highest BCUT2D eigenvalue weighted by atomic mass is 32.2. The maximum absolute atomic E-state index is 13.5. The molecular weight excluding hydrogens is 545 g/mol. The number of aromatic nitrogens is 1. The Kier molecular flexibility index (Phi) is 7.90. The van der Waals surface area contributed by atoms with Gasteiger partial charge in [-0.15, -0.1) is 0 Å². The van der Waals surface area contributed by atoms with Crippen molar-refractivity contribution in [2.75, 3.05) is 38.0 Å². The molecule has 0 radical (unpaired) electrons. The first-order chi connectivity index (χ1) is 18.6. The number of halogens is 1. The molecule has 2 unspecified atom stereocenters. The highest BCUT2D eigenvalue weighted by Gasteiger charge is 2.37. The molecule has 5 rings (SSSR count). The van der Waals surface area contributed by atoms with E-state index in [-0.39, 0.29) is 45.0 Å². The fourth-order valence-electron chi connectivity index (χ4n) is 5.20. The lowest BCUT2D eigenvalue weighted by Gasteiger charge is -2.38. The van der Waals surface area contributed by atoms with Crippen LogP contribution in [0.5, 0.6) is 0 Å². The van der Waals surface area contributed by atoms with Gasteiger partial charge in [0.15, 0.2) is 20.1 Å². The van der Waals surface area contributed by atoms with Crippen molar-refractivity contribution in [2.24, 2.45) is 11.8 Å². The third-order valence-electron chi connectivity index (χ3n) is 7.68. The van der Waals surface area contributed by atoms with Crippen molar-refractivity contribution in [3.8, 4) is 0 Å². The smallest absolute Gasteiger partial charge is 0.317 e. The summed E-state index contributed by atoms with van der Waals surface area (Å²) in [6.45, 7) is 4.39. The number of thiazole rings is 1. The van der Waals surface area contributed by atoms with Gasteiger partial charge in [0, 0.05) is 45.6 Å². The van der Waals surface area contributed by atoms with Crippen LogP contribution in [0.1, 0.15) is 44.1 Å². The molecule has 2 aromatic rings. The number of carbonyl (C=O) groups is 3. The molecule has 3 fully saturated rings. The van der Waals surface area contributed by atoms with Crippen molar-refractivity contribution in [3.63, 3.8) is 0 Å². The van der Waals surface area contributed by atoms with E-state index in [9.17, 15) is 27.2 Å². The monoisotopic (exact) mass is 577 g/mol. The summed E-state index contributed by atoms with van der Waals surface area (Å²) in [7, 11) is -3.35. The van der Waals surface area contributed by atoms with E-state index < -0.39 is 20.9 Å². The molecule has 39 heavy (non-hydrogen) atoms. The second-order valence-corrected chi connectivity index (χ2v) is 13.8. The summed E-state index contributed by atoms with van der Waals surface area (Å²) < 4.78 is 38.7. The zero-order valence-corrected chi connectivity index (χ0v) is 23.3. The standard InChI is InChI=1S/C26H32FN5O5S2/c1-16(33)32-14-18(15-32)11-29-26(35)31-9-8-17(13-31)10-22(24(34)30-25-28-12-23(27)38-25)19-2-4-20(5-3-19)39(36,37)21-6-7-21/h2-5,12,17-18,21-22H,6-11,13-15H2,1H3,(H,29,35)(H,28,30,34). The molecule has 210 valence electrons. The van der Waals surface area contributed by atoms with Gasteiger partial charge in [-0.1, -0.05) is 23.5 Å². The first-order valence-electron chi connectivity index (χ1n) is 13.1. The summed E-state index contributed by atoms with van der Waals surface area (Å²) in [5.41, 5.74) is 0.655. The van der Waals surface area contributed by atoms with E-state index in [2.05, 4.69) is 15.6 Å². The number of anilines is 1. The Balaban J connectivity index is 1.22. The van der Waals surface area contributed by atoms with Gasteiger partial charge in [-0.05, 0) is 49.3 Å². The van der Waals surface area contributed by atoms with Gasteiger partial charge in [-0.2, -0.15) is 4.39 Å². The van der Waals surface area contributed by atoms with Crippen molar-refractivity contribution < 1.29 is 27.2 Å². The lowest BCUT2D eigenvalue weighted by atomic mass is 9.87. The van der Waals surface area contributed by atoms with Crippen molar-refractivity contribution >= 4 is 44.2 Å². The zero-order chi connectivity index (χ0) is 27.7. The maximum atomic E-state index is 13.5. The van der Waals surface area contributed by atoms with Crippen LogP contribution in [0.4, 0.5) is 14.3 Å². The minimum Gasteiger partial charge on any atom is -0.342 e. The molecule has 1 aliphatic carbocycles. The summed E-state index contributed by atoms with van der Waals surface area (Å²) in [4.78, 5) is 45.0. The average molecular weight is 578 g/mol. The number of rotatable bonds is 9. The van der Waals surface area contributed by atoms with Crippen LogP contribution in [0.25, 0.3) is 0 Å². The molecule has 4 amide bonds. The minimum absolute atomic E-state index is 0.0396. The van der Waals surface area contributed by atoms with Gasteiger partial charge in [0.2, 0.25) is 11.8 Å². The molecule has 2 atom stereocenters. The molecule has 3 aliphatic rings. The minimum atomic E-state index is -3.35. The average Bonchev–Trinajstić information content (AvgIpc) is 3.51. The molecule has 2 saturated heterocycles. The van der Waals surface area contributed by atoms with Crippen LogP contribution in [0, 0.1) is 17.0 Å². The summed E-state index contributed by atoms with van der Waals surface area (Å²) >= 11 is 0.736. The highest BCUT2D eigenvalue weighted by molar-refractivity contribution is 7.92. The summed E-state index contributed by atoms with van der Waals surface area (Å²) in [6, 6.07) is 6.28. The van der Waals surface area contributed by atoms with E-state index in [1.165, 1.54) is 6.92 Å². The van der Waals surface area contributed by atoms with Crippen molar-refractivity contribution in [2.45, 2.75) is 48.7 Å². The SMILES string of the molecule is CC(=O)N1CC(CNC(=O)N2CCC(CC(C(=O)Nc3ncc(F)s3)c3ccc(S(=O)(=O)C4CC4)cc3)C2)C1. The Labute approximate surface area is 230 Å². The molecule has 2 aliphatic heterocycles. The molecule has 0 bridgehead atoms. The normalized spacial score (nSPS) is 20.4. The van der Waals surface area contributed by atoms with E-state index in [0.717, 1.165) is 24.0 Å². The Morgan fingerprint density at radius 1 is 1.08 bits per heavy atom. The van der Waals surface area contributed by atoms with E-state index in [1.807, 2.05) is 0 Å². The Morgan fingerprint density at radius 2 is 1.77 bits per heavy atom. The third-order valence-corrected chi connectivity index (χ3v) is 10.7. The number of hydrogen-bond donors (Lipinski definition) is 2. The molecular formula is C26H32FN5O5S2. The second-order valence-electron chi connectivity index (χ2n) is 10.6.